The van der Waals surface area contributed by atoms with Crippen molar-refractivity contribution in [2.45, 2.75) is 6.92 Å². The largest absolute Gasteiger partial charge is 0.340 e. The van der Waals surface area contributed by atoms with Crippen molar-refractivity contribution < 1.29 is 0 Å². The van der Waals surface area contributed by atoms with E-state index in [2.05, 4.69) is 36.7 Å². The van der Waals surface area contributed by atoms with E-state index in [0.29, 0.717) is 5.82 Å². The third-order valence-electron chi connectivity index (χ3n) is 5.04. The number of aromatic amines is 2. The number of hydrogen-bond donors (Lipinski definition) is 2. The van der Waals surface area contributed by atoms with E-state index in [0.717, 1.165) is 50.4 Å². The van der Waals surface area contributed by atoms with Crippen molar-refractivity contribution in [2.75, 3.05) is 0 Å². The van der Waals surface area contributed by atoms with E-state index in [9.17, 15) is 0 Å². The fourth-order valence-electron chi connectivity index (χ4n) is 3.56. The summed E-state index contributed by atoms with van der Waals surface area (Å²) in [5.41, 5.74) is 7.12. The second-order valence-corrected chi connectivity index (χ2v) is 7.04. The zero-order chi connectivity index (χ0) is 21.2. The normalized spacial score (nSPS) is 11.7. The minimum Gasteiger partial charge on any atom is -0.340 e. The Morgan fingerprint density at radius 3 is 2.71 bits per heavy atom. The molecule has 7 nitrogen and oxygen atoms in total. The molecule has 0 radical (unpaired) electrons. The topological polar surface area (TPSA) is 96.0 Å². The molecule has 0 atom stereocenters. The van der Waals surface area contributed by atoms with E-state index in [-0.39, 0.29) is 0 Å². The standard InChI is InChI=1S/C24H19N7/c1-3-5-18(17-6-4-9-26-13-17)22-15(2)28-24(29-22)23-19-12-20(16-7-10-25-11-8-16)27-14-21(19)30-31-23/h3-14H,1H2,2H3,(H,28,29)(H,30,31)/b18-5-. The van der Waals surface area contributed by atoms with Gasteiger partial charge < -0.3 is 4.98 Å². The molecule has 5 heterocycles. The Balaban J connectivity index is 1.62. The van der Waals surface area contributed by atoms with Crippen LogP contribution < -0.4 is 0 Å². The fraction of sp³-hybridized carbons (Fsp3) is 0.0417. The summed E-state index contributed by atoms with van der Waals surface area (Å²) in [6, 6.07) is 9.80. The summed E-state index contributed by atoms with van der Waals surface area (Å²) in [5, 5.41) is 8.51. The predicted molar refractivity (Wildman–Crippen MR) is 121 cm³/mol. The van der Waals surface area contributed by atoms with E-state index in [4.69, 9.17) is 4.98 Å². The van der Waals surface area contributed by atoms with Gasteiger partial charge in [-0.1, -0.05) is 24.8 Å². The lowest BCUT2D eigenvalue weighted by Gasteiger charge is -2.04. The van der Waals surface area contributed by atoms with Crippen molar-refractivity contribution in [3.05, 3.63) is 97.0 Å². The molecular formula is C24H19N7. The summed E-state index contributed by atoms with van der Waals surface area (Å²) in [6.45, 7) is 5.85. The average Bonchev–Trinajstić information content (AvgIpc) is 3.41. The predicted octanol–water partition coefficient (Wildman–Crippen LogP) is 4.73. The quantitative estimate of drug-likeness (QED) is 0.412. The van der Waals surface area contributed by atoms with Crippen LogP contribution in [-0.2, 0) is 0 Å². The van der Waals surface area contributed by atoms with Gasteiger partial charge in [-0.25, -0.2) is 4.98 Å². The Bertz CT molecular complexity index is 1400. The molecular weight excluding hydrogens is 386 g/mol. The molecule has 5 aromatic rings. The number of aryl methyl sites for hydroxylation is 1. The van der Waals surface area contributed by atoms with Gasteiger partial charge in [-0.15, -0.1) is 0 Å². The van der Waals surface area contributed by atoms with Crippen molar-refractivity contribution in [1.29, 1.82) is 0 Å². The number of fused-ring (bicyclic) bond motifs is 1. The van der Waals surface area contributed by atoms with Crippen molar-refractivity contribution in [3.8, 4) is 22.8 Å². The highest BCUT2D eigenvalue weighted by molar-refractivity contribution is 5.93. The van der Waals surface area contributed by atoms with Gasteiger partial charge in [0.1, 0.15) is 5.69 Å². The molecule has 0 spiro atoms. The number of aromatic nitrogens is 7. The van der Waals surface area contributed by atoms with Crippen LogP contribution in [0.15, 0.2) is 80.0 Å². The van der Waals surface area contributed by atoms with Crippen molar-refractivity contribution in [2.24, 2.45) is 0 Å². The van der Waals surface area contributed by atoms with Crippen LogP contribution in [0.5, 0.6) is 0 Å². The Morgan fingerprint density at radius 2 is 1.94 bits per heavy atom. The Morgan fingerprint density at radius 1 is 1.06 bits per heavy atom. The van der Waals surface area contributed by atoms with E-state index in [1.807, 2.05) is 49.5 Å². The first-order valence-electron chi connectivity index (χ1n) is 9.79. The fourth-order valence-corrected chi connectivity index (χ4v) is 3.56. The van der Waals surface area contributed by atoms with Gasteiger partial charge in [0.05, 0.1) is 23.1 Å². The van der Waals surface area contributed by atoms with Crippen LogP contribution in [0.2, 0.25) is 0 Å². The molecule has 31 heavy (non-hydrogen) atoms. The number of H-pyrrole nitrogens is 2. The maximum absolute atomic E-state index is 4.89. The van der Waals surface area contributed by atoms with Crippen LogP contribution in [0.4, 0.5) is 0 Å². The summed E-state index contributed by atoms with van der Waals surface area (Å²) in [6.07, 6.45) is 12.6. The van der Waals surface area contributed by atoms with Gasteiger partial charge in [0.2, 0.25) is 0 Å². The number of nitrogens with one attached hydrogen (secondary N) is 2. The summed E-state index contributed by atoms with van der Waals surface area (Å²) in [4.78, 5) is 21.1. The molecule has 150 valence electrons. The molecule has 0 aliphatic carbocycles. The first-order valence-corrected chi connectivity index (χ1v) is 9.79. The zero-order valence-electron chi connectivity index (χ0n) is 16.9. The van der Waals surface area contributed by atoms with Crippen LogP contribution in [0.25, 0.3) is 39.3 Å². The van der Waals surface area contributed by atoms with Gasteiger partial charge in [0, 0.05) is 52.6 Å². The van der Waals surface area contributed by atoms with Gasteiger partial charge in [-0.3, -0.25) is 20.1 Å². The average molecular weight is 405 g/mol. The van der Waals surface area contributed by atoms with Gasteiger partial charge in [-0.05, 0) is 31.2 Å². The summed E-state index contributed by atoms with van der Waals surface area (Å²) in [7, 11) is 0. The van der Waals surface area contributed by atoms with E-state index < -0.39 is 0 Å². The highest BCUT2D eigenvalue weighted by Gasteiger charge is 2.18. The van der Waals surface area contributed by atoms with Gasteiger partial charge >= 0.3 is 0 Å². The number of hydrogen-bond acceptors (Lipinski definition) is 5. The van der Waals surface area contributed by atoms with Crippen LogP contribution in [0.3, 0.4) is 0 Å². The third kappa shape index (κ3) is 3.42. The van der Waals surface area contributed by atoms with Crippen LogP contribution in [-0.4, -0.2) is 35.1 Å². The van der Waals surface area contributed by atoms with Gasteiger partial charge in [0.15, 0.2) is 5.82 Å². The molecule has 0 fully saturated rings. The molecule has 5 rings (SSSR count). The maximum Gasteiger partial charge on any atom is 0.159 e. The first kappa shape index (κ1) is 18.6. The number of allylic oxidation sites excluding steroid dienone is 2. The monoisotopic (exact) mass is 405 g/mol. The molecule has 0 amide bonds. The molecule has 2 N–H and O–H groups in total. The molecule has 0 saturated carbocycles. The number of nitrogens with zero attached hydrogens (tertiary/aromatic N) is 5. The van der Waals surface area contributed by atoms with Crippen molar-refractivity contribution in [3.63, 3.8) is 0 Å². The Kier molecular flexibility index (Phi) is 4.68. The van der Waals surface area contributed by atoms with E-state index >= 15 is 0 Å². The molecule has 0 unspecified atom stereocenters. The second-order valence-electron chi connectivity index (χ2n) is 7.04. The van der Waals surface area contributed by atoms with Gasteiger partial charge in [-0.2, -0.15) is 5.10 Å². The van der Waals surface area contributed by atoms with Crippen LogP contribution >= 0.6 is 0 Å². The molecule has 0 saturated heterocycles. The highest BCUT2D eigenvalue weighted by atomic mass is 15.1. The van der Waals surface area contributed by atoms with Crippen LogP contribution in [0, 0.1) is 6.92 Å². The smallest absolute Gasteiger partial charge is 0.159 e. The van der Waals surface area contributed by atoms with Crippen molar-refractivity contribution in [1.82, 2.24) is 35.1 Å². The first-order chi connectivity index (χ1) is 15.2. The molecule has 0 aliphatic heterocycles. The molecule has 0 bridgehead atoms. The number of rotatable bonds is 5. The molecule has 5 aromatic heterocycles. The maximum atomic E-state index is 4.89. The minimum atomic E-state index is 0.685. The second kappa shape index (κ2) is 7.79. The lowest BCUT2D eigenvalue weighted by molar-refractivity contribution is 1.10. The van der Waals surface area contributed by atoms with E-state index in [1.165, 1.54) is 0 Å². The third-order valence-corrected chi connectivity index (χ3v) is 5.04. The highest BCUT2D eigenvalue weighted by Crippen LogP contribution is 2.31. The summed E-state index contributed by atoms with van der Waals surface area (Å²) < 4.78 is 0. The van der Waals surface area contributed by atoms with Gasteiger partial charge in [0.25, 0.3) is 0 Å². The number of imidazole rings is 1. The molecule has 7 heteroatoms. The zero-order valence-corrected chi connectivity index (χ0v) is 16.9. The summed E-state index contributed by atoms with van der Waals surface area (Å²) in [5.74, 6) is 0.685. The SMILES string of the molecule is C=C/C=C(/c1cccnc1)c1nc(-c2n[nH]c3cnc(-c4ccncc4)cc23)[nH]c1C. The lowest BCUT2D eigenvalue weighted by atomic mass is 10.0. The van der Waals surface area contributed by atoms with E-state index in [1.54, 1.807) is 30.9 Å². The molecule has 0 aliphatic rings. The summed E-state index contributed by atoms with van der Waals surface area (Å²) >= 11 is 0. The minimum absolute atomic E-state index is 0.685. The number of pyridine rings is 3. The lowest BCUT2D eigenvalue weighted by Crippen LogP contribution is -1.92. The molecule has 0 aromatic carbocycles. The Hall–Kier alpha value is -4.39. The van der Waals surface area contributed by atoms with Crippen LogP contribution in [0.1, 0.15) is 17.0 Å². The van der Waals surface area contributed by atoms with Crippen molar-refractivity contribution >= 4 is 16.5 Å². The Labute approximate surface area is 178 Å².